The van der Waals surface area contributed by atoms with E-state index in [-0.39, 0.29) is 18.4 Å². The summed E-state index contributed by atoms with van der Waals surface area (Å²) in [5, 5.41) is 21.5. The molecule has 4 heteroatoms. The Morgan fingerprint density at radius 2 is 2.06 bits per heavy atom. The number of hydrogen-bond donors (Lipinski definition) is 3. The average molecular weight is 241 g/mol. The standard InChI is InChI=1S/C13H20FNO2/c1-10(15-7-3-2-4-8-16)12-6-5-11(14)9-13(12)17/h5-6,9-10,15-17H,2-4,7-8H2,1H3. The number of aliphatic hydroxyl groups is 1. The van der Waals surface area contributed by atoms with Gasteiger partial charge < -0.3 is 15.5 Å². The van der Waals surface area contributed by atoms with Crippen LogP contribution in [0.1, 0.15) is 37.8 Å². The predicted octanol–water partition coefficient (Wildman–Crippen LogP) is 2.34. The van der Waals surface area contributed by atoms with Crippen LogP contribution in [0.5, 0.6) is 5.75 Å². The molecule has 1 aromatic carbocycles. The number of aromatic hydroxyl groups is 1. The van der Waals surface area contributed by atoms with Crippen molar-refractivity contribution in [3.05, 3.63) is 29.6 Å². The molecule has 0 aromatic heterocycles. The number of nitrogens with one attached hydrogen (secondary N) is 1. The Balaban J connectivity index is 2.38. The van der Waals surface area contributed by atoms with Crippen molar-refractivity contribution in [2.24, 2.45) is 0 Å². The molecule has 0 heterocycles. The minimum Gasteiger partial charge on any atom is -0.508 e. The van der Waals surface area contributed by atoms with E-state index in [0.29, 0.717) is 5.56 Å². The molecule has 0 radical (unpaired) electrons. The Morgan fingerprint density at radius 1 is 1.29 bits per heavy atom. The minimum absolute atomic E-state index is 0.00951. The lowest BCUT2D eigenvalue weighted by molar-refractivity contribution is 0.282. The van der Waals surface area contributed by atoms with Crippen LogP contribution in [0, 0.1) is 5.82 Å². The first-order chi connectivity index (χ1) is 8.15. The van der Waals surface area contributed by atoms with Gasteiger partial charge >= 0.3 is 0 Å². The van der Waals surface area contributed by atoms with Crippen LogP contribution in [0.4, 0.5) is 4.39 Å². The summed E-state index contributed by atoms with van der Waals surface area (Å²) in [6.45, 7) is 2.98. The second-order valence-corrected chi connectivity index (χ2v) is 4.16. The van der Waals surface area contributed by atoms with Crippen LogP contribution in [0.25, 0.3) is 0 Å². The fourth-order valence-corrected chi connectivity index (χ4v) is 1.73. The van der Waals surface area contributed by atoms with Crippen LogP contribution >= 0.6 is 0 Å². The summed E-state index contributed by atoms with van der Waals surface area (Å²) < 4.78 is 12.8. The van der Waals surface area contributed by atoms with Crippen molar-refractivity contribution in [1.82, 2.24) is 5.32 Å². The van der Waals surface area contributed by atoms with Crippen molar-refractivity contribution in [2.45, 2.75) is 32.2 Å². The average Bonchev–Trinajstić information content (AvgIpc) is 2.28. The van der Waals surface area contributed by atoms with E-state index in [0.717, 1.165) is 31.9 Å². The molecule has 0 aliphatic heterocycles. The molecular weight excluding hydrogens is 221 g/mol. The maximum Gasteiger partial charge on any atom is 0.126 e. The first kappa shape index (κ1) is 13.9. The van der Waals surface area contributed by atoms with Crippen molar-refractivity contribution in [2.75, 3.05) is 13.2 Å². The zero-order valence-corrected chi connectivity index (χ0v) is 10.1. The van der Waals surface area contributed by atoms with Crippen molar-refractivity contribution in [3.63, 3.8) is 0 Å². The molecule has 0 spiro atoms. The van der Waals surface area contributed by atoms with Gasteiger partial charge in [-0.3, -0.25) is 0 Å². The highest BCUT2D eigenvalue weighted by atomic mass is 19.1. The molecule has 0 aliphatic carbocycles. The van der Waals surface area contributed by atoms with Crippen LogP contribution in [0.15, 0.2) is 18.2 Å². The molecule has 3 N–H and O–H groups in total. The van der Waals surface area contributed by atoms with Gasteiger partial charge in [0.1, 0.15) is 11.6 Å². The SMILES string of the molecule is CC(NCCCCCO)c1ccc(F)cc1O. The summed E-state index contributed by atoms with van der Waals surface area (Å²) in [5.41, 5.74) is 0.702. The van der Waals surface area contributed by atoms with E-state index in [1.165, 1.54) is 6.07 Å². The van der Waals surface area contributed by atoms with E-state index in [4.69, 9.17) is 5.11 Å². The summed E-state index contributed by atoms with van der Waals surface area (Å²) in [7, 11) is 0. The smallest absolute Gasteiger partial charge is 0.126 e. The van der Waals surface area contributed by atoms with Crippen LogP contribution < -0.4 is 5.32 Å². The number of hydrogen-bond acceptors (Lipinski definition) is 3. The van der Waals surface area contributed by atoms with E-state index in [1.54, 1.807) is 6.07 Å². The molecule has 1 aromatic rings. The third-order valence-electron chi connectivity index (χ3n) is 2.74. The highest BCUT2D eigenvalue weighted by Crippen LogP contribution is 2.24. The van der Waals surface area contributed by atoms with Crippen LogP contribution in [-0.2, 0) is 0 Å². The number of unbranched alkanes of at least 4 members (excludes halogenated alkanes) is 2. The van der Waals surface area contributed by atoms with E-state index < -0.39 is 5.82 Å². The first-order valence-electron chi connectivity index (χ1n) is 5.98. The summed E-state index contributed by atoms with van der Waals surface area (Å²) in [6.07, 6.45) is 2.77. The Kier molecular flexibility index (Phi) is 5.94. The fraction of sp³-hybridized carbons (Fsp3) is 0.538. The molecule has 0 saturated heterocycles. The third-order valence-corrected chi connectivity index (χ3v) is 2.74. The summed E-state index contributed by atoms with van der Waals surface area (Å²) >= 11 is 0. The maximum atomic E-state index is 12.8. The van der Waals surface area contributed by atoms with Crippen molar-refractivity contribution >= 4 is 0 Å². The molecule has 0 saturated carbocycles. The molecule has 17 heavy (non-hydrogen) atoms. The van der Waals surface area contributed by atoms with E-state index in [2.05, 4.69) is 5.32 Å². The van der Waals surface area contributed by atoms with Gasteiger partial charge in [0, 0.05) is 24.3 Å². The molecule has 0 aliphatic rings. The van der Waals surface area contributed by atoms with Gasteiger partial charge in [0.2, 0.25) is 0 Å². The van der Waals surface area contributed by atoms with Crippen LogP contribution in [-0.4, -0.2) is 23.4 Å². The van der Waals surface area contributed by atoms with Gasteiger partial charge in [0.25, 0.3) is 0 Å². The van der Waals surface area contributed by atoms with Crippen molar-refractivity contribution < 1.29 is 14.6 Å². The monoisotopic (exact) mass is 241 g/mol. The number of phenols is 1. The van der Waals surface area contributed by atoms with Gasteiger partial charge in [-0.25, -0.2) is 4.39 Å². The van der Waals surface area contributed by atoms with E-state index in [9.17, 15) is 9.50 Å². The van der Waals surface area contributed by atoms with Crippen LogP contribution in [0.3, 0.4) is 0 Å². The fourth-order valence-electron chi connectivity index (χ4n) is 1.73. The van der Waals surface area contributed by atoms with Crippen molar-refractivity contribution in [3.8, 4) is 5.75 Å². The Hall–Kier alpha value is -1.13. The topological polar surface area (TPSA) is 52.5 Å². The van der Waals surface area contributed by atoms with Gasteiger partial charge in [0.15, 0.2) is 0 Å². The number of rotatable bonds is 7. The largest absolute Gasteiger partial charge is 0.508 e. The molecule has 1 unspecified atom stereocenters. The van der Waals surface area contributed by atoms with Gasteiger partial charge in [0.05, 0.1) is 0 Å². The molecule has 96 valence electrons. The third kappa shape index (κ3) is 4.71. The second-order valence-electron chi connectivity index (χ2n) is 4.16. The Morgan fingerprint density at radius 3 is 2.71 bits per heavy atom. The van der Waals surface area contributed by atoms with Crippen molar-refractivity contribution in [1.29, 1.82) is 0 Å². The number of phenolic OH excluding ortho intramolecular Hbond substituents is 1. The highest BCUT2D eigenvalue weighted by Gasteiger charge is 2.09. The lowest BCUT2D eigenvalue weighted by Gasteiger charge is -2.15. The second kappa shape index (κ2) is 7.25. The normalized spacial score (nSPS) is 12.6. The zero-order valence-electron chi connectivity index (χ0n) is 10.1. The number of aliphatic hydroxyl groups excluding tert-OH is 1. The number of benzene rings is 1. The van der Waals surface area contributed by atoms with Gasteiger partial charge in [-0.2, -0.15) is 0 Å². The molecule has 0 amide bonds. The molecule has 1 atom stereocenters. The predicted molar refractivity (Wildman–Crippen MR) is 65.4 cm³/mol. The van der Waals surface area contributed by atoms with Gasteiger partial charge in [-0.15, -0.1) is 0 Å². The Bertz CT molecular complexity index is 344. The highest BCUT2D eigenvalue weighted by molar-refractivity contribution is 5.34. The molecule has 1 rings (SSSR count). The van der Waals surface area contributed by atoms with Crippen LogP contribution in [0.2, 0.25) is 0 Å². The number of halogens is 1. The molecule has 0 fully saturated rings. The first-order valence-corrected chi connectivity index (χ1v) is 5.98. The quantitative estimate of drug-likeness (QED) is 0.642. The lowest BCUT2D eigenvalue weighted by atomic mass is 10.1. The summed E-state index contributed by atoms with van der Waals surface area (Å²) in [6, 6.07) is 4.05. The zero-order chi connectivity index (χ0) is 12.7. The summed E-state index contributed by atoms with van der Waals surface area (Å²) in [4.78, 5) is 0. The summed E-state index contributed by atoms with van der Waals surface area (Å²) in [5.74, 6) is -0.443. The molecule has 0 bridgehead atoms. The van der Waals surface area contributed by atoms with E-state index in [1.807, 2.05) is 6.92 Å². The molecular formula is C13H20FNO2. The molecule has 3 nitrogen and oxygen atoms in total. The minimum atomic E-state index is -0.429. The van der Waals surface area contributed by atoms with E-state index >= 15 is 0 Å². The van der Waals surface area contributed by atoms with Gasteiger partial charge in [-0.05, 0) is 38.8 Å². The lowest BCUT2D eigenvalue weighted by Crippen LogP contribution is -2.20. The maximum absolute atomic E-state index is 12.8. The Labute approximate surface area is 101 Å². The van der Waals surface area contributed by atoms with Gasteiger partial charge in [-0.1, -0.05) is 6.07 Å².